The van der Waals surface area contributed by atoms with Gasteiger partial charge in [-0.05, 0) is 68.1 Å². The van der Waals surface area contributed by atoms with Gasteiger partial charge in [0.25, 0.3) is 0 Å². The third kappa shape index (κ3) is 5.75. The van der Waals surface area contributed by atoms with Gasteiger partial charge in [-0.2, -0.15) is 0 Å². The highest BCUT2D eigenvalue weighted by molar-refractivity contribution is 6.72. The molecule has 0 aliphatic rings. The Hall–Kier alpha value is -6.46. The van der Waals surface area contributed by atoms with Crippen LogP contribution < -0.4 is 38.2 Å². The number of para-hydroxylation sites is 1. The molecule has 0 N–H and O–H groups in total. The van der Waals surface area contributed by atoms with Gasteiger partial charge >= 0.3 is 0 Å². The Labute approximate surface area is 344 Å². The van der Waals surface area contributed by atoms with Crippen LogP contribution >= 0.6 is 0 Å². The van der Waals surface area contributed by atoms with E-state index in [0.29, 0.717) is 17.5 Å². The first-order valence-electron chi connectivity index (χ1n) is 20.0. The van der Waals surface area contributed by atoms with Crippen molar-refractivity contribution in [2.45, 2.75) is 0 Å². The number of nitrogens with zero attached hydrogens (tertiary/aromatic N) is 3. The van der Waals surface area contributed by atoms with E-state index in [-0.39, 0.29) is 0 Å². The van der Waals surface area contributed by atoms with Crippen molar-refractivity contribution in [3.63, 3.8) is 0 Å². The summed E-state index contributed by atoms with van der Waals surface area (Å²) in [5.74, 6) is 1.92. The van der Waals surface area contributed by atoms with Crippen molar-refractivity contribution in [1.29, 1.82) is 0 Å². The molecule has 8 aromatic carbocycles. The summed E-state index contributed by atoms with van der Waals surface area (Å²) in [5.41, 5.74) is 18.1. The third-order valence-corrected chi connectivity index (χ3v) is 12.7. The summed E-state index contributed by atoms with van der Waals surface area (Å²) in [4.78, 5) is 16.0. The first kappa shape index (κ1) is 35.9. The van der Waals surface area contributed by atoms with Gasteiger partial charge in [0.15, 0.2) is 17.5 Å². The van der Waals surface area contributed by atoms with Crippen LogP contribution in [0.2, 0.25) is 0 Å². The summed E-state index contributed by atoms with van der Waals surface area (Å²) in [6.45, 7) is 0. The van der Waals surface area contributed by atoms with Crippen molar-refractivity contribution in [2.75, 3.05) is 0 Å². The molecular weight excluding hydrogens is 698 g/mol. The minimum absolute atomic E-state index is 0.617. The minimum Gasteiger partial charge on any atom is -0.456 e. The Morgan fingerprint density at radius 1 is 0.345 bits per heavy atom. The smallest absolute Gasteiger partial charge is 0.164 e. The van der Waals surface area contributed by atoms with Crippen LogP contribution in [0.25, 0.3) is 99.9 Å². The molecule has 10 aromatic rings. The van der Waals surface area contributed by atoms with Crippen molar-refractivity contribution in [2.24, 2.45) is 0 Å². The Balaban J connectivity index is 1.16. The monoisotopic (exact) mass is 735 g/mol. The van der Waals surface area contributed by atoms with E-state index in [9.17, 15) is 0 Å². The summed E-state index contributed by atoms with van der Waals surface area (Å²) >= 11 is 0. The molecule has 0 radical (unpaired) electrons. The molecule has 0 bridgehead atoms. The molecule has 4 nitrogen and oxygen atoms in total. The van der Waals surface area contributed by atoms with Gasteiger partial charge in [0.1, 0.15) is 66.1 Å². The molecule has 0 spiro atoms. The van der Waals surface area contributed by atoms with Gasteiger partial charge in [0.05, 0.1) is 0 Å². The molecule has 2 heterocycles. The first-order valence-corrected chi connectivity index (χ1v) is 20.0. The zero-order chi connectivity index (χ0) is 39.8. The van der Waals surface area contributed by atoms with Gasteiger partial charge in [0.2, 0.25) is 0 Å². The summed E-state index contributed by atoms with van der Waals surface area (Å²) in [5, 5.41) is 7.15. The highest BCUT2D eigenvalue weighted by Crippen LogP contribution is 2.37. The maximum absolute atomic E-state index is 6.34. The predicted octanol–water partition coefficient (Wildman–Crippen LogP) is 0.221. The largest absolute Gasteiger partial charge is 0.456 e. The zero-order valence-corrected chi connectivity index (χ0v) is 34.0. The van der Waals surface area contributed by atoms with Crippen LogP contribution in [-0.2, 0) is 0 Å². The number of aromatic nitrogens is 3. The van der Waals surface area contributed by atoms with Gasteiger partial charge in [-0.1, -0.05) is 137 Å². The Bertz CT molecular complexity index is 3330. The summed E-state index contributed by atoms with van der Waals surface area (Å²) in [6.07, 6.45) is 0. The van der Waals surface area contributed by atoms with Gasteiger partial charge in [-0.3, -0.25) is 0 Å². The first-order chi connectivity index (χ1) is 28.2. The van der Waals surface area contributed by atoms with E-state index < -0.39 is 0 Å². The number of hydrogen-bond acceptors (Lipinski definition) is 4. The molecule has 0 saturated heterocycles. The molecule has 2 aromatic heterocycles. The van der Waals surface area contributed by atoms with Crippen LogP contribution in [0.5, 0.6) is 0 Å². The van der Waals surface area contributed by atoms with Crippen molar-refractivity contribution < 1.29 is 4.42 Å². The van der Waals surface area contributed by atoms with E-state index in [1.807, 2.05) is 24.3 Å². The van der Waals surface area contributed by atoms with Gasteiger partial charge in [0, 0.05) is 27.5 Å². The minimum atomic E-state index is 0.617. The zero-order valence-electron chi connectivity index (χ0n) is 34.0. The average molecular weight is 735 g/mol. The third-order valence-electron chi connectivity index (χ3n) is 12.7. The SMILES string of the molecule is Bc1c(B)c(B)c2c(B)c(-c3nc(-c4cccc(-c5ccc(-c6ccc7ccccc7c6)cc5)c4)nc(-c4cccc5oc6ccccc6c45)n3)c(B)c(B)c2c1B. The van der Waals surface area contributed by atoms with Crippen LogP contribution in [0.4, 0.5) is 0 Å². The van der Waals surface area contributed by atoms with Gasteiger partial charge in [-0.25, -0.2) is 15.0 Å². The van der Waals surface area contributed by atoms with E-state index in [0.717, 1.165) is 49.8 Å². The van der Waals surface area contributed by atoms with E-state index in [1.165, 1.54) is 70.9 Å². The lowest BCUT2D eigenvalue weighted by molar-refractivity contribution is 0.669. The molecule has 0 aliphatic heterocycles. The normalized spacial score (nSPS) is 11.6. The molecule has 0 aliphatic carbocycles. The lowest BCUT2D eigenvalue weighted by atomic mass is 9.59. The fourth-order valence-electron chi connectivity index (χ4n) is 9.13. The van der Waals surface area contributed by atoms with E-state index >= 15 is 0 Å². The van der Waals surface area contributed by atoms with Crippen LogP contribution in [-0.4, -0.2) is 69.9 Å². The predicted molar refractivity (Wildman–Crippen MR) is 267 cm³/mol. The summed E-state index contributed by atoms with van der Waals surface area (Å²) in [7, 11) is 15.7. The second-order valence-corrected chi connectivity index (χ2v) is 15.8. The number of furan rings is 1. The van der Waals surface area contributed by atoms with Crippen molar-refractivity contribution >= 4 is 137 Å². The van der Waals surface area contributed by atoms with Crippen LogP contribution in [0.1, 0.15) is 0 Å². The standard InChI is InChI=1S/C47H36B7N3O/c48-38-35-36(41(51)44(54)43(53)40(35)50)39(49)42(52)37(38)47-56-45(55-46(57-47)31-12-6-14-33-34(31)30-11-3-4-13-32(30)58-33)29-10-5-9-27(22-29)24-15-17-25(18-16-24)28-20-19-23-7-1-2-8-26(23)21-28/h1-22H,48-54H2. The molecule has 11 heteroatoms. The molecule has 0 saturated carbocycles. The molecule has 0 fully saturated rings. The van der Waals surface area contributed by atoms with Crippen LogP contribution in [0.15, 0.2) is 138 Å². The maximum atomic E-state index is 6.34. The molecule has 0 amide bonds. The van der Waals surface area contributed by atoms with E-state index in [2.05, 4.69) is 164 Å². The summed E-state index contributed by atoms with van der Waals surface area (Å²) in [6, 6.07) is 46.9. The number of hydrogen-bond donors (Lipinski definition) is 0. The van der Waals surface area contributed by atoms with Crippen molar-refractivity contribution in [3.8, 4) is 56.4 Å². The lowest BCUT2D eigenvalue weighted by Gasteiger charge is -2.24. The Morgan fingerprint density at radius 3 is 1.66 bits per heavy atom. The quantitative estimate of drug-likeness (QED) is 0.238. The topological polar surface area (TPSA) is 51.8 Å². The van der Waals surface area contributed by atoms with Crippen LogP contribution in [0, 0.1) is 0 Å². The van der Waals surface area contributed by atoms with Gasteiger partial charge < -0.3 is 4.42 Å². The Morgan fingerprint density at radius 2 is 0.897 bits per heavy atom. The van der Waals surface area contributed by atoms with Crippen LogP contribution in [0.3, 0.4) is 0 Å². The van der Waals surface area contributed by atoms with E-state index in [4.69, 9.17) is 19.4 Å². The second-order valence-electron chi connectivity index (χ2n) is 15.8. The summed E-state index contributed by atoms with van der Waals surface area (Å²) < 4.78 is 6.34. The number of fused-ring (bicyclic) bond motifs is 5. The molecular formula is C47H36B7N3O. The molecule has 0 unspecified atom stereocenters. The molecule has 58 heavy (non-hydrogen) atoms. The highest BCUT2D eigenvalue weighted by Gasteiger charge is 2.23. The maximum Gasteiger partial charge on any atom is 0.164 e. The van der Waals surface area contributed by atoms with E-state index in [1.54, 1.807) is 0 Å². The highest BCUT2D eigenvalue weighted by atomic mass is 16.3. The molecule has 0 atom stereocenters. The molecule has 266 valence electrons. The van der Waals surface area contributed by atoms with Crippen molar-refractivity contribution in [3.05, 3.63) is 133 Å². The van der Waals surface area contributed by atoms with Crippen molar-refractivity contribution in [1.82, 2.24) is 15.0 Å². The number of rotatable bonds is 5. The average Bonchev–Trinajstić information content (AvgIpc) is 3.65. The lowest BCUT2D eigenvalue weighted by Crippen LogP contribution is -2.52. The fourth-order valence-corrected chi connectivity index (χ4v) is 9.13. The Kier molecular flexibility index (Phi) is 8.60. The fraction of sp³-hybridized carbons (Fsp3) is 0. The van der Waals surface area contributed by atoms with Gasteiger partial charge in [-0.15, -0.1) is 10.9 Å². The molecule has 10 rings (SSSR count). The second kappa shape index (κ2) is 13.9. The number of benzene rings is 8.